The number of anilines is 1. The maximum Gasteiger partial charge on any atom is 0.263 e. The largest absolute Gasteiger partial charge is 0.397 e. The van der Waals surface area contributed by atoms with Crippen molar-refractivity contribution in [2.24, 2.45) is 5.92 Å². The number of carbonyl (C=O) groups excluding carboxylic acids is 1. The van der Waals surface area contributed by atoms with Gasteiger partial charge in [0, 0.05) is 21.1 Å². The molecule has 1 fully saturated rings. The van der Waals surface area contributed by atoms with E-state index >= 15 is 0 Å². The summed E-state index contributed by atoms with van der Waals surface area (Å²) in [5.74, 6) is 0.621. The summed E-state index contributed by atoms with van der Waals surface area (Å²) < 4.78 is 2.04. The fourth-order valence-electron chi connectivity index (χ4n) is 2.27. The third kappa shape index (κ3) is 2.49. The molecule has 3 rings (SSSR count). The first-order valence-electron chi connectivity index (χ1n) is 6.41. The van der Waals surface area contributed by atoms with Gasteiger partial charge in [-0.2, -0.15) is 0 Å². The third-order valence-electron chi connectivity index (χ3n) is 3.67. The van der Waals surface area contributed by atoms with Gasteiger partial charge in [0.1, 0.15) is 4.88 Å². The minimum absolute atomic E-state index is 0.0401. The molecule has 1 heterocycles. The normalized spacial score (nSPS) is 15.4. The summed E-state index contributed by atoms with van der Waals surface area (Å²) in [5, 5.41) is 3.96. The summed E-state index contributed by atoms with van der Waals surface area (Å²) in [6.07, 6.45) is 3.75. The lowest BCUT2D eigenvalue weighted by molar-refractivity contribution is 0.0944. The molecule has 19 heavy (non-hydrogen) atoms. The standard InChI is InChI=1S/C14H15BrN2OS/c15-9-4-5-10-11(6-9)19-13(12(10)16)14(18)17-7-8-2-1-3-8/h4-6,8H,1-3,7,16H2,(H,17,18). The van der Waals surface area contributed by atoms with E-state index in [0.717, 1.165) is 21.1 Å². The molecule has 1 saturated carbocycles. The van der Waals surface area contributed by atoms with Crippen molar-refractivity contribution in [1.29, 1.82) is 0 Å². The van der Waals surface area contributed by atoms with Crippen LogP contribution in [0.2, 0.25) is 0 Å². The summed E-state index contributed by atoms with van der Waals surface area (Å²) in [6, 6.07) is 5.90. The predicted molar refractivity (Wildman–Crippen MR) is 83.6 cm³/mol. The van der Waals surface area contributed by atoms with Crippen LogP contribution < -0.4 is 11.1 Å². The zero-order valence-electron chi connectivity index (χ0n) is 10.4. The van der Waals surface area contributed by atoms with Crippen molar-refractivity contribution in [3.63, 3.8) is 0 Å². The van der Waals surface area contributed by atoms with Gasteiger partial charge >= 0.3 is 0 Å². The first kappa shape index (κ1) is 12.9. The third-order valence-corrected chi connectivity index (χ3v) is 5.33. The number of nitrogen functional groups attached to an aromatic ring is 1. The molecule has 1 aliphatic carbocycles. The van der Waals surface area contributed by atoms with Gasteiger partial charge in [-0.1, -0.05) is 28.4 Å². The second-order valence-corrected chi connectivity index (χ2v) is 6.96. The molecule has 0 spiro atoms. The number of nitrogens with one attached hydrogen (secondary N) is 1. The van der Waals surface area contributed by atoms with Crippen molar-refractivity contribution >= 4 is 48.9 Å². The number of amides is 1. The van der Waals surface area contributed by atoms with Gasteiger partial charge in [0.15, 0.2) is 0 Å². The Morgan fingerprint density at radius 3 is 2.95 bits per heavy atom. The number of benzene rings is 1. The van der Waals surface area contributed by atoms with Gasteiger partial charge in [-0.25, -0.2) is 0 Å². The zero-order valence-corrected chi connectivity index (χ0v) is 12.8. The molecule has 0 atom stereocenters. The number of halogens is 1. The Labute approximate surface area is 124 Å². The molecule has 1 aromatic carbocycles. The Morgan fingerprint density at radius 1 is 1.47 bits per heavy atom. The lowest BCUT2D eigenvalue weighted by atomic mass is 9.85. The van der Waals surface area contributed by atoms with Gasteiger partial charge in [0.2, 0.25) is 0 Å². The summed E-state index contributed by atoms with van der Waals surface area (Å²) in [4.78, 5) is 12.8. The van der Waals surface area contributed by atoms with E-state index in [9.17, 15) is 4.79 Å². The fourth-order valence-corrected chi connectivity index (χ4v) is 3.86. The van der Waals surface area contributed by atoms with Gasteiger partial charge in [0.05, 0.1) is 5.69 Å². The summed E-state index contributed by atoms with van der Waals surface area (Å²) >= 11 is 4.89. The summed E-state index contributed by atoms with van der Waals surface area (Å²) in [5.41, 5.74) is 6.67. The maximum absolute atomic E-state index is 12.2. The van der Waals surface area contributed by atoms with Crippen molar-refractivity contribution in [2.75, 3.05) is 12.3 Å². The first-order valence-corrected chi connectivity index (χ1v) is 8.02. The van der Waals surface area contributed by atoms with E-state index in [1.165, 1.54) is 30.6 Å². The molecular formula is C14H15BrN2OS. The Balaban J connectivity index is 1.82. The second kappa shape index (κ2) is 5.13. The average Bonchev–Trinajstić information content (AvgIpc) is 2.64. The topological polar surface area (TPSA) is 55.1 Å². The molecule has 5 heteroatoms. The highest BCUT2D eigenvalue weighted by Crippen LogP contribution is 2.35. The van der Waals surface area contributed by atoms with Crippen LogP contribution >= 0.6 is 27.3 Å². The molecule has 0 radical (unpaired) electrons. The maximum atomic E-state index is 12.2. The van der Waals surface area contributed by atoms with E-state index in [1.54, 1.807) is 0 Å². The van der Waals surface area contributed by atoms with Gasteiger partial charge in [0.25, 0.3) is 5.91 Å². The van der Waals surface area contributed by atoms with Crippen LogP contribution in [0.3, 0.4) is 0 Å². The molecule has 1 aliphatic rings. The van der Waals surface area contributed by atoms with Crippen LogP contribution in [0.4, 0.5) is 5.69 Å². The van der Waals surface area contributed by atoms with E-state index in [-0.39, 0.29) is 5.91 Å². The van der Waals surface area contributed by atoms with Crippen LogP contribution in [0.25, 0.3) is 10.1 Å². The van der Waals surface area contributed by atoms with Gasteiger partial charge in [-0.05, 0) is 30.9 Å². The average molecular weight is 339 g/mol. The van der Waals surface area contributed by atoms with Crippen LogP contribution in [0, 0.1) is 5.92 Å². The molecule has 1 aromatic heterocycles. The van der Waals surface area contributed by atoms with Crippen LogP contribution in [-0.2, 0) is 0 Å². The number of fused-ring (bicyclic) bond motifs is 1. The van der Waals surface area contributed by atoms with Crippen LogP contribution in [-0.4, -0.2) is 12.5 Å². The Hall–Kier alpha value is -1.07. The molecule has 0 unspecified atom stereocenters. The lowest BCUT2D eigenvalue weighted by Gasteiger charge is -2.25. The fraction of sp³-hybridized carbons (Fsp3) is 0.357. The van der Waals surface area contributed by atoms with Crippen LogP contribution in [0.15, 0.2) is 22.7 Å². The number of thiophene rings is 1. The quantitative estimate of drug-likeness (QED) is 0.894. The van der Waals surface area contributed by atoms with Crippen molar-refractivity contribution in [1.82, 2.24) is 5.32 Å². The van der Waals surface area contributed by atoms with Crippen LogP contribution in [0.1, 0.15) is 28.9 Å². The zero-order chi connectivity index (χ0) is 13.4. The molecule has 3 nitrogen and oxygen atoms in total. The monoisotopic (exact) mass is 338 g/mol. The second-order valence-electron chi connectivity index (χ2n) is 4.99. The summed E-state index contributed by atoms with van der Waals surface area (Å²) in [6.45, 7) is 0.774. The minimum atomic E-state index is -0.0401. The summed E-state index contributed by atoms with van der Waals surface area (Å²) in [7, 11) is 0. The molecule has 2 aromatic rings. The lowest BCUT2D eigenvalue weighted by Crippen LogP contribution is -2.32. The highest BCUT2D eigenvalue weighted by Gasteiger charge is 2.20. The number of nitrogens with two attached hydrogens (primary N) is 1. The molecule has 0 saturated heterocycles. The van der Waals surface area contributed by atoms with E-state index in [0.29, 0.717) is 16.5 Å². The molecule has 0 aliphatic heterocycles. The highest BCUT2D eigenvalue weighted by atomic mass is 79.9. The molecular weight excluding hydrogens is 324 g/mol. The SMILES string of the molecule is Nc1c(C(=O)NCC2CCC2)sc2cc(Br)ccc12. The van der Waals surface area contributed by atoms with E-state index in [2.05, 4.69) is 21.2 Å². The minimum Gasteiger partial charge on any atom is -0.397 e. The van der Waals surface area contributed by atoms with E-state index in [1.807, 2.05) is 18.2 Å². The van der Waals surface area contributed by atoms with E-state index in [4.69, 9.17) is 5.73 Å². The number of carbonyl (C=O) groups is 1. The first-order chi connectivity index (χ1) is 9.15. The Bertz CT molecular complexity index is 634. The van der Waals surface area contributed by atoms with Crippen molar-refractivity contribution < 1.29 is 4.79 Å². The van der Waals surface area contributed by atoms with Gasteiger partial charge in [-0.3, -0.25) is 4.79 Å². The predicted octanol–water partition coefficient (Wildman–Crippen LogP) is 3.78. The molecule has 0 bridgehead atoms. The molecule has 100 valence electrons. The Morgan fingerprint density at radius 2 is 2.26 bits per heavy atom. The highest BCUT2D eigenvalue weighted by molar-refractivity contribution is 9.10. The van der Waals surface area contributed by atoms with Gasteiger partial charge in [-0.15, -0.1) is 11.3 Å². The molecule has 3 N–H and O–H groups in total. The molecule has 1 amide bonds. The number of hydrogen-bond donors (Lipinski definition) is 2. The van der Waals surface area contributed by atoms with Crippen molar-refractivity contribution in [2.45, 2.75) is 19.3 Å². The van der Waals surface area contributed by atoms with E-state index < -0.39 is 0 Å². The Kier molecular flexibility index (Phi) is 3.50. The van der Waals surface area contributed by atoms with Gasteiger partial charge < -0.3 is 11.1 Å². The van der Waals surface area contributed by atoms with Crippen LogP contribution in [0.5, 0.6) is 0 Å². The number of hydrogen-bond acceptors (Lipinski definition) is 3. The van der Waals surface area contributed by atoms with Crippen molar-refractivity contribution in [3.8, 4) is 0 Å². The smallest absolute Gasteiger partial charge is 0.263 e. The van der Waals surface area contributed by atoms with Crippen molar-refractivity contribution in [3.05, 3.63) is 27.5 Å². The number of rotatable bonds is 3.